The lowest BCUT2D eigenvalue weighted by molar-refractivity contribution is -0.133. The van der Waals surface area contributed by atoms with Crippen LogP contribution in [-0.4, -0.2) is 63.4 Å². The number of amides is 3. The summed E-state index contributed by atoms with van der Waals surface area (Å²) in [4.78, 5) is 41.0. The minimum Gasteiger partial charge on any atom is -0.450 e. The van der Waals surface area contributed by atoms with Gasteiger partial charge in [-0.3, -0.25) is 20.0 Å². The molecule has 3 amide bonds. The zero-order valence-electron chi connectivity index (χ0n) is 15.1. The molecule has 0 atom stereocenters. The highest BCUT2D eigenvalue weighted by molar-refractivity contribution is 7.99. The van der Waals surface area contributed by atoms with E-state index in [4.69, 9.17) is 0 Å². The standard InChI is InChI=1S/C17H21N5O4S/c1-3-22(10-13(23)18-17(25)26-4-2)14(24)11-27-16-19-15(20-21-16)12-8-6-5-7-9-12/h5-9H,3-4,10-11H2,1-2H3,(H,18,23,25)(H,19,20,21). The van der Waals surface area contributed by atoms with Crippen molar-refractivity contribution in [2.45, 2.75) is 19.0 Å². The molecule has 1 aromatic heterocycles. The molecule has 0 saturated carbocycles. The summed E-state index contributed by atoms with van der Waals surface area (Å²) >= 11 is 1.17. The highest BCUT2D eigenvalue weighted by Gasteiger charge is 2.18. The molecule has 0 aliphatic carbocycles. The molecule has 2 N–H and O–H groups in total. The van der Waals surface area contributed by atoms with Gasteiger partial charge in [-0.15, -0.1) is 5.10 Å². The Morgan fingerprint density at radius 2 is 1.96 bits per heavy atom. The molecule has 1 heterocycles. The summed E-state index contributed by atoms with van der Waals surface area (Å²) in [7, 11) is 0. The number of nitrogens with zero attached hydrogens (tertiary/aromatic N) is 3. The van der Waals surface area contributed by atoms with Gasteiger partial charge in [-0.1, -0.05) is 42.1 Å². The van der Waals surface area contributed by atoms with Crippen molar-refractivity contribution in [3.63, 3.8) is 0 Å². The van der Waals surface area contributed by atoms with Gasteiger partial charge in [0.15, 0.2) is 5.82 Å². The van der Waals surface area contributed by atoms with E-state index in [0.29, 0.717) is 17.5 Å². The van der Waals surface area contributed by atoms with E-state index >= 15 is 0 Å². The van der Waals surface area contributed by atoms with Crippen LogP contribution < -0.4 is 5.32 Å². The van der Waals surface area contributed by atoms with Crippen molar-refractivity contribution in [3.8, 4) is 11.4 Å². The molecule has 0 saturated heterocycles. The van der Waals surface area contributed by atoms with Gasteiger partial charge >= 0.3 is 6.09 Å². The third kappa shape index (κ3) is 6.41. The molecule has 0 aliphatic heterocycles. The van der Waals surface area contributed by atoms with Crippen LogP contribution in [0.1, 0.15) is 13.8 Å². The molecule has 0 radical (unpaired) electrons. The van der Waals surface area contributed by atoms with E-state index in [-0.39, 0.29) is 24.8 Å². The molecule has 0 bridgehead atoms. The Hall–Kier alpha value is -2.88. The lowest BCUT2D eigenvalue weighted by atomic mass is 10.2. The predicted octanol–water partition coefficient (Wildman–Crippen LogP) is 1.69. The number of likely N-dealkylation sites (N-methyl/N-ethyl adjacent to an activating group) is 1. The molecule has 0 fully saturated rings. The zero-order chi connectivity index (χ0) is 19.6. The van der Waals surface area contributed by atoms with Gasteiger partial charge in [-0.25, -0.2) is 9.78 Å². The number of thioether (sulfide) groups is 1. The van der Waals surface area contributed by atoms with Gasteiger partial charge in [0.25, 0.3) is 0 Å². The molecule has 0 unspecified atom stereocenters. The third-order valence-corrected chi connectivity index (χ3v) is 4.25. The average Bonchev–Trinajstić information content (AvgIpc) is 3.14. The van der Waals surface area contributed by atoms with Crippen LogP contribution in [0.3, 0.4) is 0 Å². The quantitative estimate of drug-likeness (QED) is 0.658. The first-order chi connectivity index (χ1) is 13.0. The Balaban J connectivity index is 1.85. The Morgan fingerprint density at radius 1 is 1.22 bits per heavy atom. The topological polar surface area (TPSA) is 117 Å². The molecular weight excluding hydrogens is 370 g/mol. The molecule has 10 heteroatoms. The second-order valence-electron chi connectivity index (χ2n) is 5.30. The second kappa shape index (κ2) is 10.3. The molecule has 9 nitrogen and oxygen atoms in total. The number of benzene rings is 1. The highest BCUT2D eigenvalue weighted by atomic mass is 32.2. The maximum Gasteiger partial charge on any atom is 0.413 e. The van der Waals surface area contributed by atoms with Crippen molar-refractivity contribution in [2.75, 3.05) is 25.4 Å². The summed E-state index contributed by atoms with van der Waals surface area (Å²) in [5, 5.41) is 9.42. The number of H-pyrrole nitrogens is 1. The minimum atomic E-state index is -0.824. The second-order valence-corrected chi connectivity index (χ2v) is 6.24. The summed E-state index contributed by atoms with van der Waals surface area (Å²) < 4.78 is 4.63. The monoisotopic (exact) mass is 391 g/mol. The Kier molecular flexibility index (Phi) is 7.80. The van der Waals surface area contributed by atoms with E-state index in [1.165, 1.54) is 16.7 Å². The Labute approximate surface area is 160 Å². The van der Waals surface area contributed by atoms with Crippen LogP contribution >= 0.6 is 11.8 Å². The van der Waals surface area contributed by atoms with Crippen molar-refractivity contribution >= 4 is 29.7 Å². The van der Waals surface area contributed by atoms with Gasteiger partial charge in [-0.05, 0) is 13.8 Å². The van der Waals surface area contributed by atoms with Gasteiger partial charge in [-0.2, -0.15) is 0 Å². The van der Waals surface area contributed by atoms with E-state index < -0.39 is 12.0 Å². The molecule has 144 valence electrons. The van der Waals surface area contributed by atoms with Crippen molar-refractivity contribution < 1.29 is 19.1 Å². The maximum absolute atomic E-state index is 12.3. The van der Waals surface area contributed by atoms with Gasteiger partial charge in [0, 0.05) is 12.1 Å². The van der Waals surface area contributed by atoms with Gasteiger partial charge in [0.05, 0.1) is 12.4 Å². The normalized spacial score (nSPS) is 10.3. The Bertz CT molecular complexity index is 781. The van der Waals surface area contributed by atoms with E-state index in [1.807, 2.05) is 30.3 Å². The SMILES string of the molecule is CCOC(=O)NC(=O)CN(CC)C(=O)CSc1n[nH]c(-c2ccccc2)n1. The fourth-order valence-corrected chi connectivity index (χ4v) is 2.83. The largest absolute Gasteiger partial charge is 0.450 e. The molecule has 1 aromatic carbocycles. The number of hydrogen-bond acceptors (Lipinski definition) is 7. The Morgan fingerprint density at radius 3 is 2.63 bits per heavy atom. The van der Waals surface area contributed by atoms with Crippen LogP contribution in [0.5, 0.6) is 0 Å². The van der Waals surface area contributed by atoms with Crippen LogP contribution in [0.25, 0.3) is 11.4 Å². The summed E-state index contributed by atoms with van der Waals surface area (Å²) in [6, 6.07) is 9.51. The summed E-state index contributed by atoms with van der Waals surface area (Å²) in [6.07, 6.45) is -0.824. The van der Waals surface area contributed by atoms with Crippen LogP contribution in [0.2, 0.25) is 0 Å². The number of carbonyl (C=O) groups is 3. The van der Waals surface area contributed by atoms with Crippen molar-refractivity contribution in [1.29, 1.82) is 0 Å². The van der Waals surface area contributed by atoms with E-state index in [1.54, 1.807) is 13.8 Å². The van der Waals surface area contributed by atoms with Crippen LogP contribution in [-0.2, 0) is 14.3 Å². The molecule has 0 spiro atoms. The molecule has 2 rings (SSSR count). The lowest BCUT2D eigenvalue weighted by Crippen LogP contribution is -2.43. The number of hydrogen-bond donors (Lipinski definition) is 2. The number of imide groups is 1. The summed E-state index contributed by atoms with van der Waals surface area (Å²) in [6.45, 7) is 3.65. The number of alkyl carbamates (subject to hydrolysis) is 1. The highest BCUT2D eigenvalue weighted by Crippen LogP contribution is 2.19. The third-order valence-electron chi connectivity index (χ3n) is 3.42. The number of aromatic nitrogens is 3. The molecule has 2 aromatic rings. The first-order valence-corrected chi connectivity index (χ1v) is 9.37. The molecule has 0 aliphatic rings. The predicted molar refractivity (Wildman–Crippen MR) is 100.0 cm³/mol. The average molecular weight is 391 g/mol. The van der Waals surface area contributed by atoms with Crippen molar-refractivity contribution in [2.24, 2.45) is 0 Å². The number of rotatable bonds is 8. The number of aromatic amines is 1. The fourth-order valence-electron chi connectivity index (χ4n) is 2.12. The van der Waals surface area contributed by atoms with Crippen LogP contribution in [0.15, 0.2) is 35.5 Å². The smallest absolute Gasteiger partial charge is 0.413 e. The van der Waals surface area contributed by atoms with Crippen LogP contribution in [0, 0.1) is 0 Å². The number of ether oxygens (including phenoxy) is 1. The van der Waals surface area contributed by atoms with Gasteiger partial charge in [0.2, 0.25) is 17.0 Å². The van der Waals surface area contributed by atoms with E-state index in [2.05, 4.69) is 25.2 Å². The molecular formula is C17H21N5O4S. The summed E-state index contributed by atoms with van der Waals surface area (Å²) in [5.74, 6) is -0.163. The zero-order valence-corrected chi connectivity index (χ0v) is 15.9. The van der Waals surface area contributed by atoms with Crippen molar-refractivity contribution in [1.82, 2.24) is 25.4 Å². The summed E-state index contributed by atoms with van der Waals surface area (Å²) in [5.41, 5.74) is 0.897. The van der Waals surface area contributed by atoms with Gasteiger partial charge < -0.3 is 9.64 Å². The van der Waals surface area contributed by atoms with E-state index in [9.17, 15) is 14.4 Å². The molecule has 27 heavy (non-hydrogen) atoms. The first-order valence-electron chi connectivity index (χ1n) is 8.38. The lowest BCUT2D eigenvalue weighted by Gasteiger charge is -2.19. The minimum absolute atomic E-state index is 0.0760. The fraction of sp³-hybridized carbons (Fsp3) is 0.353. The van der Waals surface area contributed by atoms with Crippen LogP contribution in [0.4, 0.5) is 4.79 Å². The number of nitrogens with one attached hydrogen (secondary N) is 2. The van der Waals surface area contributed by atoms with E-state index in [0.717, 1.165) is 5.56 Å². The van der Waals surface area contributed by atoms with Crippen molar-refractivity contribution in [3.05, 3.63) is 30.3 Å². The van der Waals surface area contributed by atoms with Gasteiger partial charge in [0.1, 0.15) is 6.54 Å². The number of carbonyl (C=O) groups excluding carboxylic acids is 3. The maximum atomic E-state index is 12.3. The first kappa shape index (κ1) is 20.4.